The average molecular weight is 352 g/mol. The van der Waals surface area contributed by atoms with E-state index in [1.807, 2.05) is 24.3 Å². The summed E-state index contributed by atoms with van der Waals surface area (Å²) in [6, 6.07) is 7.85. The summed E-state index contributed by atoms with van der Waals surface area (Å²) in [4.78, 5) is 0. The quantitative estimate of drug-likeness (QED) is 0.596. The van der Waals surface area contributed by atoms with Crippen molar-refractivity contribution in [1.29, 1.82) is 0 Å². The van der Waals surface area contributed by atoms with Crippen molar-refractivity contribution in [2.45, 2.75) is 13.8 Å². The topological polar surface area (TPSA) is 27.7 Å². The third kappa shape index (κ3) is 3.29. The summed E-state index contributed by atoms with van der Waals surface area (Å²) in [5.41, 5.74) is 0.0893. The minimum Gasteiger partial charge on any atom is -0.426 e. The molecule has 3 nitrogen and oxygen atoms in total. The molecule has 0 aromatic heterocycles. The Morgan fingerprint density at radius 3 is 2.50 bits per heavy atom. The monoisotopic (exact) mass is 352 g/mol. The van der Waals surface area contributed by atoms with Crippen LogP contribution >= 0.6 is 31.2 Å². The van der Waals surface area contributed by atoms with Crippen LogP contribution in [-0.4, -0.2) is 13.2 Å². The van der Waals surface area contributed by atoms with Crippen LogP contribution in [0, 0.1) is 8.99 Å². The summed E-state index contributed by atoms with van der Waals surface area (Å²) in [5, 5.41) is 0. The van der Waals surface area contributed by atoms with Crippen LogP contribution in [0.4, 0.5) is 0 Å². The Labute approximate surface area is 111 Å². The van der Waals surface area contributed by atoms with Gasteiger partial charge in [-0.2, -0.15) is 0 Å². The van der Waals surface area contributed by atoms with Crippen LogP contribution in [0.25, 0.3) is 0 Å². The third-order valence-corrected chi connectivity index (χ3v) is 4.05. The van der Waals surface area contributed by atoms with Gasteiger partial charge in [0.15, 0.2) is 0 Å². The van der Waals surface area contributed by atoms with Crippen LogP contribution in [-0.2, 0) is 9.05 Å². The first-order valence-corrected chi connectivity index (χ1v) is 7.23. The van der Waals surface area contributed by atoms with E-state index in [1.54, 1.807) is 0 Å². The van der Waals surface area contributed by atoms with Gasteiger partial charge < -0.3 is 13.6 Å². The van der Waals surface area contributed by atoms with Crippen molar-refractivity contribution >= 4 is 31.2 Å². The fourth-order valence-electron chi connectivity index (χ4n) is 1.19. The summed E-state index contributed by atoms with van der Waals surface area (Å²) in [7, 11) is -1.23. The molecule has 0 saturated carbocycles. The van der Waals surface area contributed by atoms with Crippen LogP contribution in [0.5, 0.6) is 5.75 Å². The lowest BCUT2D eigenvalue weighted by Gasteiger charge is -2.32. The van der Waals surface area contributed by atoms with Crippen molar-refractivity contribution in [3.63, 3.8) is 0 Å². The van der Waals surface area contributed by atoms with Crippen molar-refractivity contribution in [2.75, 3.05) is 13.2 Å². The van der Waals surface area contributed by atoms with Gasteiger partial charge >= 0.3 is 8.60 Å². The Balaban J connectivity index is 1.95. The molecule has 0 amide bonds. The van der Waals surface area contributed by atoms with Gasteiger partial charge in [0.1, 0.15) is 5.75 Å². The highest BCUT2D eigenvalue weighted by Gasteiger charge is 2.31. The van der Waals surface area contributed by atoms with Gasteiger partial charge in [-0.05, 0) is 34.7 Å². The van der Waals surface area contributed by atoms with Crippen LogP contribution in [0.2, 0.25) is 0 Å². The normalized spacial score (nSPS) is 20.7. The average Bonchev–Trinajstić information content (AvgIpc) is 2.24. The molecule has 1 saturated heterocycles. The van der Waals surface area contributed by atoms with Crippen LogP contribution < -0.4 is 4.52 Å². The first-order chi connectivity index (χ1) is 7.57. The maximum absolute atomic E-state index is 5.69. The van der Waals surface area contributed by atoms with Gasteiger partial charge in [-0.1, -0.05) is 26.0 Å². The molecule has 0 aliphatic carbocycles. The molecule has 0 radical (unpaired) electrons. The van der Waals surface area contributed by atoms with Gasteiger partial charge in [0.25, 0.3) is 0 Å². The number of para-hydroxylation sites is 1. The van der Waals surface area contributed by atoms with Crippen LogP contribution in [0.1, 0.15) is 13.8 Å². The fraction of sp³-hybridized carbons (Fsp3) is 0.455. The highest BCUT2D eigenvalue weighted by Crippen LogP contribution is 2.47. The minimum atomic E-state index is -1.23. The zero-order valence-electron chi connectivity index (χ0n) is 9.27. The first kappa shape index (κ1) is 12.6. The largest absolute Gasteiger partial charge is 0.426 e. The molecule has 0 unspecified atom stereocenters. The number of hydrogen-bond donors (Lipinski definition) is 0. The predicted molar refractivity (Wildman–Crippen MR) is 72.4 cm³/mol. The molecule has 5 heteroatoms. The molecule has 2 rings (SSSR count). The van der Waals surface area contributed by atoms with E-state index in [0.717, 1.165) is 9.32 Å². The van der Waals surface area contributed by atoms with Gasteiger partial charge in [0.2, 0.25) is 0 Å². The number of rotatable bonds is 2. The summed E-state index contributed by atoms with van der Waals surface area (Å²) >= 11 is 2.24. The molecular formula is C11H14IO3P. The van der Waals surface area contributed by atoms with E-state index in [2.05, 4.69) is 36.4 Å². The molecule has 1 aliphatic heterocycles. The molecule has 88 valence electrons. The Kier molecular flexibility index (Phi) is 4.06. The van der Waals surface area contributed by atoms with E-state index in [-0.39, 0.29) is 5.41 Å². The van der Waals surface area contributed by atoms with E-state index in [9.17, 15) is 0 Å². The zero-order chi connectivity index (χ0) is 11.6. The fourth-order valence-corrected chi connectivity index (χ4v) is 3.27. The molecule has 1 fully saturated rings. The molecular weight excluding hydrogens is 338 g/mol. The third-order valence-electron chi connectivity index (χ3n) is 2.13. The van der Waals surface area contributed by atoms with E-state index >= 15 is 0 Å². The van der Waals surface area contributed by atoms with Gasteiger partial charge in [0.05, 0.1) is 16.8 Å². The second kappa shape index (κ2) is 5.17. The van der Waals surface area contributed by atoms with Gasteiger partial charge in [-0.25, -0.2) is 0 Å². The standard InChI is InChI=1S/C11H14IO3P/c1-11(2)7-13-16(14-8-11)15-10-6-4-3-5-9(10)12/h3-6H,7-8H2,1-2H3. The zero-order valence-corrected chi connectivity index (χ0v) is 12.3. The molecule has 0 spiro atoms. The van der Waals surface area contributed by atoms with Crippen molar-refractivity contribution in [3.05, 3.63) is 27.8 Å². The van der Waals surface area contributed by atoms with E-state index < -0.39 is 8.60 Å². The highest BCUT2D eigenvalue weighted by atomic mass is 127. The van der Waals surface area contributed by atoms with Gasteiger partial charge in [0, 0.05) is 5.41 Å². The molecule has 16 heavy (non-hydrogen) atoms. The summed E-state index contributed by atoms with van der Waals surface area (Å²) in [6.45, 7) is 5.60. The Hall–Kier alpha value is 0.1000. The molecule has 0 atom stereocenters. The number of benzene rings is 1. The maximum atomic E-state index is 5.69. The maximum Gasteiger partial charge on any atom is 0.397 e. The lowest BCUT2D eigenvalue weighted by atomic mass is 9.97. The first-order valence-electron chi connectivity index (χ1n) is 5.05. The van der Waals surface area contributed by atoms with Crippen LogP contribution in [0.15, 0.2) is 24.3 Å². The summed E-state index contributed by atoms with van der Waals surface area (Å²) in [6.07, 6.45) is 0. The van der Waals surface area contributed by atoms with Crippen molar-refractivity contribution < 1.29 is 13.6 Å². The van der Waals surface area contributed by atoms with Crippen molar-refractivity contribution in [2.24, 2.45) is 5.41 Å². The molecule has 1 aromatic rings. The van der Waals surface area contributed by atoms with E-state index in [4.69, 9.17) is 13.6 Å². The SMILES string of the molecule is CC1(C)COP(Oc2ccccc2I)OC1. The van der Waals surface area contributed by atoms with Gasteiger partial charge in [-0.3, -0.25) is 0 Å². The smallest absolute Gasteiger partial charge is 0.397 e. The van der Waals surface area contributed by atoms with E-state index in [0.29, 0.717) is 13.2 Å². The highest BCUT2D eigenvalue weighted by molar-refractivity contribution is 14.1. The lowest BCUT2D eigenvalue weighted by Crippen LogP contribution is -2.29. The molecule has 1 aliphatic rings. The van der Waals surface area contributed by atoms with Gasteiger partial charge in [-0.15, -0.1) is 0 Å². The Morgan fingerprint density at radius 1 is 1.25 bits per heavy atom. The Bertz CT molecular complexity index is 360. The number of halogens is 1. The molecule has 0 N–H and O–H groups in total. The second-order valence-corrected chi connectivity index (χ2v) is 6.76. The predicted octanol–water partition coefficient (Wildman–Crippen LogP) is 3.97. The van der Waals surface area contributed by atoms with Crippen LogP contribution in [0.3, 0.4) is 0 Å². The molecule has 1 heterocycles. The molecule has 1 aromatic carbocycles. The van der Waals surface area contributed by atoms with E-state index in [1.165, 1.54) is 0 Å². The molecule has 0 bridgehead atoms. The summed E-state index contributed by atoms with van der Waals surface area (Å²) in [5.74, 6) is 0.828. The second-order valence-electron chi connectivity index (χ2n) is 4.46. The number of hydrogen-bond acceptors (Lipinski definition) is 3. The lowest BCUT2D eigenvalue weighted by molar-refractivity contribution is 0.0426. The Morgan fingerprint density at radius 2 is 1.88 bits per heavy atom. The van der Waals surface area contributed by atoms with Crippen molar-refractivity contribution in [3.8, 4) is 5.75 Å². The van der Waals surface area contributed by atoms with Crippen molar-refractivity contribution in [1.82, 2.24) is 0 Å². The minimum absolute atomic E-state index is 0.0893. The summed E-state index contributed by atoms with van der Waals surface area (Å²) < 4.78 is 17.9.